The maximum atomic E-state index is 12.0. The van der Waals surface area contributed by atoms with Crippen molar-refractivity contribution in [1.82, 2.24) is 21.1 Å². The van der Waals surface area contributed by atoms with Gasteiger partial charge in [-0.25, -0.2) is 4.79 Å². The van der Waals surface area contributed by atoms with Crippen LogP contribution in [0.25, 0.3) is 0 Å². The van der Waals surface area contributed by atoms with Crippen molar-refractivity contribution >= 4 is 29.7 Å². The topological polar surface area (TPSA) is 134 Å². The highest BCUT2D eigenvalue weighted by molar-refractivity contribution is 6.06. The zero-order valence-corrected chi connectivity index (χ0v) is 16.5. The Kier molecular flexibility index (Phi) is 6.92. The van der Waals surface area contributed by atoms with E-state index in [4.69, 9.17) is 4.74 Å². The van der Waals surface area contributed by atoms with Gasteiger partial charge in [-0.2, -0.15) is 0 Å². The SMILES string of the molecule is C[C@@H](OC(=O)CCCN1C(=O)NC(C)(C)C1=O)C(=O)NNC(=O)c1ccccc1. The molecule has 0 aromatic heterocycles. The zero-order valence-electron chi connectivity index (χ0n) is 16.5. The Morgan fingerprint density at radius 2 is 1.79 bits per heavy atom. The third kappa shape index (κ3) is 5.77. The first-order valence-electron chi connectivity index (χ1n) is 9.10. The summed E-state index contributed by atoms with van der Waals surface area (Å²) in [5.74, 6) is -2.22. The van der Waals surface area contributed by atoms with Crippen LogP contribution in [0.3, 0.4) is 0 Å². The van der Waals surface area contributed by atoms with Gasteiger partial charge in [-0.15, -0.1) is 0 Å². The number of nitrogens with zero attached hydrogens (tertiary/aromatic N) is 1. The predicted molar refractivity (Wildman–Crippen MR) is 101 cm³/mol. The normalized spacial score (nSPS) is 16.0. The second-order valence-corrected chi connectivity index (χ2v) is 7.06. The van der Waals surface area contributed by atoms with Crippen molar-refractivity contribution in [2.24, 2.45) is 0 Å². The lowest BCUT2D eigenvalue weighted by atomic mass is 10.1. The van der Waals surface area contributed by atoms with E-state index in [0.717, 1.165) is 4.90 Å². The fraction of sp³-hybridized carbons (Fsp3) is 0.421. The molecule has 10 nitrogen and oxygen atoms in total. The Bertz CT molecular complexity index is 808. The van der Waals surface area contributed by atoms with Gasteiger partial charge in [0, 0.05) is 18.5 Å². The monoisotopic (exact) mass is 404 g/mol. The lowest BCUT2D eigenvalue weighted by molar-refractivity contribution is -0.155. The molecule has 1 aromatic rings. The molecule has 2 rings (SSSR count). The molecule has 1 fully saturated rings. The quantitative estimate of drug-likeness (QED) is 0.344. The number of hydrazine groups is 1. The number of carbonyl (C=O) groups is 5. The van der Waals surface area contributed by atoms with Gasteiger partial charge in [0.1, 0.15) is 5.54 Å². The molecule has 1 heterocycles. The van der Waals surface area contributed by atoms with Crippen LogP contribution in [0, 0.1) is 0 Å². The van der Waals surface area contributed by atoms with E-state index in [-0.39, 0.29) is 25.3 Å². The minimum absolute atomic E-state index is 0.0664. The van der Waals surface area contributed by atoms with E-state index in [2.05, 4.69) is 16.2 Å². The highest BCUT2D eigenvalue weighted by Crippen LogP contribution is 2.17. The van der Waals surface area contributed by atoms with Gasteiger partial charge in [0.2, 0.25) is 0 Å². The van der Waals surface area contributed by atoms with Gasteiger partial charge in [-0.3, -0.25) is 34.9 Å². The number of benzene rings is 1. The number of rotatable bonds is 7. The number of esters is 1. The summed E-state index contributed by atoms with van der Waals surface area (Å²) >= 11 is 0. The van der Waals surface area contributed by atoms with Crippen LogP contribution in [0.2, 0.25) is 0 Å². The van der Waals surface area contributed by atoms with E-state index < -0.39 is 35.5 Å². The summed E-state index contributed by atoms with van der Waals surface area (Å²) < 4.78 is 5.00. The molecule has 0 bridgehead atoms. The number of hydrogen-bond donors (Lipinski definition) is 3. The van der Waals surface area contributed by atoms with E-state index in [1.807, 2.05) is 0 Å². The summed E-state index contributed by atoms with van der Waals surface area (Å²) in [6, 6.07) is 7.78. The van der Waals surface area contributed by atoms with E-state index in [1.165, 1.54) is 6.92 Å². The molecule has 0 unspecified atom stereocenters. The molecule has 0 aliphatic carbocycles. The average molecular weight is 404 g/mol. The Labute approximate surface area is 167 Å². The molecule has 10 heteroatoms. The van der Waals surface area contributed by atoms with Crippen LogP contribution >= 0.6 is 0 Å². The predicted octanol–water partition coefficient (Wildman–Crippen LogP) is 0.490. The Morgan fingerprint density at radius 1 is 1.14 bits per heavy atom. The van der Waals surface area contributed by atoms with E-state index >= 15 is 0 Å². The second-order valence-electron chi connectivity index (χ2n) is 7.06. The largest absolute Gasteiger partial charge is 0.452 e. The lowest BCUT2D eigenvalue weighted by Gasteiger charge is -2.16. The summed E-state index contributed by atoms with van der Waals surface area (Å²) in [6.07, 6.45) is -1.01. The van der Waals surface area contributed by atoms with Crippen molar-refractivity contribution in [3.8, 4) is 0 Å². The summed E-state index contributed by atoms with van der Waals surface area (Å²) in [4.78, 5) is 60.6. The summed E-state index contributed by atoms with van der Waals surface area (Å²) in [6.45, 7) is 4.62. The van der Waals surface area contributed by atoms with E-state index in [9.17, 15) is 24.0 Å². The molecule has 5 amide bonds. The molecular weight excluding hydrogens is 380 g/mol. The van der Waals surface area contributed by atoms with Gasteiger partial charge in [0.05, 0.1) is 0 Å². The van der Waals surface area contributed by atoms with Crippen molar-refractivity contribution in [3.05, 3.63) is 35.9 Å². The molecule has 1 atom stereocenters. The first-order valence-corrected chi connectivity index (χ1v) is 9.10. The zero-order chi connectivity index (χ0) is 21.6. The van der Waals surface area contributed by atoms with Crippen LogP contribution in [0.4, 0.5) is 4.79 Å². The van der Waals surface area contributed by atoms with Crippen LogP contribution in [-0.4, -0.2) is 52.8 Å². The first kappa shape index (κ1) is 21.9. The van der Waals surface area contributed by atoms with Crippen LogP contribution in [0.1, 0.15) is 44.0 Å². The third-order valence-corrected chi connectivity index (χ3v) is 4.22. The lowest BCUT2D eigenvalue weighted by Crippen LogP contribution is -2.46. The van der Waals surface area contributed by atoms with Gasteiger partial charge in [0.25, 0.3) is 17.7 Å². The molecule has 0 radical (unpaired) electrons. The van der Waals surface area contributed by atoms with Crippen LogP contribution in [0.5, 0.6) is 0 Å². The van der Waals surface area contributed by atoms with Crippen LogP contribution < -0.4 is 16.2 Å². The number of hydrogen-bond acceptors (Lipinski definition) is 6. The Balaban J connectivity index is 1.70. The Morgan fingerprint density at radius 3 is 2.38 bits per heavy atom. The second kappa shape index (κ2) is 9.18. The van der Waals surface area contributed by atoms with Gasteiger partial charge in [-0.05, 0) is 39.3 Å². The van der Waals surface area contributed by atoms with Gasteiger partial charge in [-0.1, -0.05) is 18.2 Å². The molecule has 1 saturated heterocycles. The Hall–Kier alpha value is -3.43. The highest BCUT2D eigenvalue weighted by atomic mass is 16.5. The van der Waals surface area contributed by atoms with Crippen molar-refractivity contribution < 1.29 is 28.7 Å². The van der Waals surface area contributed by atoms with Gasteiger partial charge >= 0.3 is 12.0 Å². The van der Waals surface area contributed by atoms with E-state index in [0.29, 0.717) is 5.56 Å². The number of carbonyl (C=O) groups excluding carboxylic acids is 5. The third-order valence-electron chi connectivity index (χ3n) is 4.22. The van der Waals surface area contributed by atoms with E-state index in [1.54, 1.807) is 44.2 Å². The molecule has 156 valence electrons. The van der Waals surface area contributed by atoms with Crippen LogP contribution in [-0.2, 0) is 19.1 Å². The molecule has 0 spiro atoms. The van der Waals surface area contributed by atoms with Crippen molar-refractivity contribution in [3.63, 3.8) is 0 Å². The first-order chi connectivity index (χ1) is 13.6. The standard InChI is InChI=1S/C19H24N4O6/c1-12(15(25)21-22-16(26)13-8-5-4-6-9-13)29-14(24)10-7-11-23-17(27)19(2,3)20-18(23)28/h4-6,8-9,12H,7,10-11H2,1-3H3,(H,20,28)(H,21,25)(H,22,26)/t12-/m1/s1. The number of ether oxygens (including phenoxy) is 1. The molecule has 1 aromatic carbocycles. The minimum Gasteiger partial charge on any atom is -0.452 e. The maximum Gasteiger partial charge on any atom is 0.325 e. The average Bonchev–Trinajstić information content (AvgIpc) is 2.87. The maximum absolute atomic E-state index is 12.0. The number of nitrogens with one attached hydrogen (secondary N) is 3. The smallest absolute Gasteiger partial charge is 0.325 e. The summed E-state index contributed by atoms with van der Waals surface area (Å²) in [7, 11) is 0. The number of urea groups is 1. The molecule has 1 aliphatic rings. The molecule has 0 saturated carbocycles. The van der Waals surface area contributed by atoms with Crippen molar-refractivity contribution in [2.45, 2.75) is 45.3 Å². The van der Waals surface area contributed by atoms with Gasteiger partial charge in [0.15, 0.2) is 6.10 Å². The molecule has 3 N–H and O–H groups in total. The summed E-state index contributed by atoms with van der Waals surface area (Å²) in [5.41, 5.74) is 3.82. The molecule has 29 heavy (non-hydrogen) atoms. The summed E-state index contributed by atoms with van der Waals surface area (Å²) in [5, 5.41) is 2.55. The molecule has 1 aliphatic heterocycles. The van der Waals surface area contributed by atoms with Crippen molar-refractivity contribution in [2.75, 3.05) is 6.54 Å². The van der Waals surface area contributed by atoms with Crippen molar-refractivity contribution in [1.29, 1.82) is 0 Å². The fourth-order valence-corrected chi connectivity index (χ4v) is 2.59. The van der Waals surface area contributed by atoms with Gasteiger partial charge < -0.3 is 10.1 Å². The highest BCUT2D eigenvalue weighted by Gasteiger charge is 2.43. The molecular formula is C19H24N4O6. The number of amides is 5. The number of imide groups is 1. The fourth-order valence-electron chi connectivity index (χ4n) is 2.59. The van der Waals surface area contributed by atoms with Crippen LogP contribution in [0.15, 0.2) is 30.3 Å². The minimum atomic E-state index is -1.13.